The van der Waals surface area contributed by atoms with Gasteiger partial charge in [0.2, 0.25) is 0 Å². The summed E-state index contributed by atoms with van der Waals surface area (Å²) in [5, 5.41) is 12.4. The molecular weight excluding hydrogens is 236 g/mol. The van der Waals surface area contributed by atoms with E-state index in [1.54, 1.807) is 0 Å². The summed E-state index contributed by atoms with van der Waals surface area (Å²) in [5.74, 6) is -1.81. The van der Waals surface area contributed by atoms with E-state index in [-0.39, 0.29) is 6.61 Å². The topological polar surface area (TPSA) is 32.3 Å². The highest BCUT2D eigenvalue weighted by molar-refractivity contribution is 5.45. The van der Waals surface area contributed by atoms with Crippen molar-refractivity contribution < 1.29 is 13.9 Å². The van der Waals surface area contributed by atoms with Gasteiger partial charge in [-0.05, 0) is 29.8 Å². The number of hydrogen-bond acceptors (Lipinski definition) is 2. The molecule has 1 unspecified atom stereocenters. The quantitative estimate of drug-likeness (QED) is 0.872. The smallest absolute Gasteiger partial charge is 0.159 e. The average molecular weight is 249 g/mol. The van der Waals surface area contributed by atoms with Crippen LogP contribution in [0.15, 0.2) is 48.5 Å². The largest absolute Gasteiger partial charge is 0.394 e. The minimum atomic E-state index is -0.916. The Morgan fingerprint density at radius 1 is 1.00 bits per heavy atom. The number of rotatable bonds is 4. The molecule has 94 valence electrons. The van der Waals surface area contributed by atoms with E-state index in [0.29, 0.717) is 5.56 Å². The molecule has 2 N–H and O–H groups in total. The van der Waals surface area contributed by atoms with Crippen molar-refractivity contribution in [3.05, 3.63) is 65.7 Å². The third-order valence-electron chi connectivity index (χ3n) is 2.64. The van der Waals surface area contributed by atoms with Crippen molar-refractivity contribution in [2.75, 3.05) is 11.9 Å². The Labute approximate surface area is 104 Å². The standard InChI is InChI=1S/C14H13F2NO/c15-12-7-6-10(8-13(12)16)14(9-18)17-11-4-2-1-3-5-11/h1-8,14,17-18H,9H2. The summed E-state index contributed by atoms with van der Waals surface area (Å²) in [6, 6.07) is 12.4. The van der Waals surface area contributed by atoms with Gasteiger partial charge in [0.25, 0.3) is 0 Å². The SMILES string of the molecule is OCC(Nc1ccccc1)c1ccc(F)c(F)c1. The summed E-state index contributed by atoms with van der Waals surface area (Å²) < 4.78 is 26.0. The van der Waals surface area contributed by atoms with Gasteiger partial charge in [0.1, 0.15) is 0 Å². The van der Waals surface area contributed by atoms with E-state index >= 15 is 0 Å². The zero-order valence-corrected chi connectivity index (χ0v) is 9.61. The zero-order valence-electron chi connectivity index (χ0n) is 9.61. The number of para-hydroxylation sites is 1. The van der Waals surface area contributed by atoms with Gasteiger partial charge in [-0.2, -0.15) is 0 Å². The summed E-state index contributed by atoms with van der Waals surface area (Å²) in [5.41, 5.74) is 1.31. The minimum absolute atomic E-state index is 0.208. The number of nitrogens with one attached hydrogen (secondary N) is 1. The van der Waals surface area contributed by atoms with Crippen LogP contribution in [-0.4, -0.2) is 11.7 Å². The first-order valence-electron chi connectivity index (χ1n) is 5.58. The Balaban J connectivity index is 2.20. The van der Waals surface area contributed by atoms with Crippen LogP contribution in [0.25, 0.3) is 0 Å². The predicted octanol–water partition coefficient (Wildman–Crippen LogP) is 3.11. The van der Waals surface area contributed by atoms with Crippen molar-refractivity contribution in [1.82, 2.24) is 0 Å². The van der Waals surface area contributed by atoms with Crippen molar-refractivity contribution in [3.8, 4) is 0 Å². The maximum atomic E-state index is 13.1. The molecule has 0 saturated carbocycles. The second-order valence-corrected chi connectivity index (χ2v) is 3.92. The monoisotopic (exact) mass is 249 g/mol. The first kappa shape index (κ1) is 12.5. The summed E-state index contributed by atoms with van der Waals surface area (Å²) in [7, 11) is 0. The number of aliphatic hydroxyl groups excluding tert-OH is 1. The number of hydrogen-bond donors (Lipinski definition) is 2. The Morgan fingerprint density at radius 3 is 2.33 bits per heavy atom. The van der Waals surface area contributed by atoms with Gasteiger partial charge in [0.15, 0.2) is 11.6 Å². The number of benzene rings is 2. The van der Waals surface area contributed by atoms with E-state index in [4.69, 9.17) is 0 Å². The Bertz CT molecular complexity index is 516. The molecule has 2 aromatic carbocycles. The molecule has 0 amide bonds. The van der Waals surface area contributed by atoms with Gasteiger partial charge in [0, 0.05) is 5.69 Å². The van der Waals surface area contributed by atoms with E-state index in [2.05, 4.69) is 5.32 Å². The Kier molecular flexibility index (Phi) is 3.89. The Morgan fingerprint density at radius 2 is 1.72 bits per heavy atom. The third kappa shape index (κ3) is 2.84. The number of aliphatic hydroxyl groups is 1. The number of anilines is 1. The molecule has 0 aromatic heterocycles. The minimum Gasteiger partial charge on any atom is -0.394 e. The van der Waals surface area contributed by atoms with Crippen LogP contribution >= 0.6 is 0 Å². The molecule has 18 heavy (non-hydrogen) atoms. The maximum absolute atomic E-state index is 13.1. The average Bonchev–Trinajstić information content (AvgIpc) is 2.40. The fourth-order valence-corrected chi connectivity index (χ4v) is 1.70. The van der Waals surface area contributed by atoms with Crippen LogP contribution in [0, 0.1) is 11.6 Å². The second-order valence-electron chi connectivity index (χ2n) is 3.92. The summed E-state index contributed by atoms with van der Waals surface area (Å²) >= 11 is 0. The predicted molar refractivity (Wildman–Crippen MR) is 66.2 cm³/mol. The molecule has 0 heterocycles. The fourth-order valence-electron chi connectivity index (χ4n) is 1.70. The van der Waals surface area contributed by atoms with Crippen molar-refractivity contribution in [2.45, 2.75) is 6.04 Å². The fraction of sp³-hybridized carbons (Fsp3) is 0.143. The van der Waals surface area contributed by atoms with Gasteiger partial charge in [0.05, 0.1) is 12.6 Å². The van der Waals surface area contributed by atoms with Crippen molar-refractivity contribution in [1.29, 1.82) is 0 Å². The first-order chi connectivity index (χ1) is 8.70. The highest BCUT2D eigenvalue weighted by Gasteiger charge is 2.12. The molecule has 2 rings (SSSR count). The van der Waals surface area contributed by atoms with Crippen LogP contribution in [0.1, 0.15) is 11.6 Å². The normalized spacial score (nSPS) is 12.2. The van der Waals surface area contributed by atoms with Gasteiger partial charge in [-0.3, -0.25) is 0 Å². The van der Waals surface area contributed by atoms with E-state index in [0.717, 1.165) is 17.8 Å². The lowest BCUT2D eigenvalue weighted by atomic mass is 10.1. The van der Waals surface area contributed by atoms with Gasteiger partial charge < -0.3 is 10.4 Å². The van der Waals surface area contributed by atoms with Crippen molar-refractivity contribution in [2.24, 2.45) is 0 Å². The van der Waals surface area contributed by atoms with E-state index in [1.807, 2.05) is 30.3 Å². The molecule has 0 aliphatic carbocycles. The highest BCUT2D eigenvalue weighted by atomic mass is 19.2. The highest BCUT2D eigenvalue weighted by Crippen LogP contribution is 2.20. The van der Waals surface area contributed by atoms with Gasteiger partial charge in [-0.15, -0.1) is 0 Å². The molecule has 2 nitrogen and oxygen atoms in total. The van der Waals surface area contributed by atoms with E-state index in [1.165, 1.54) is 6.07 Å². The van der Waals surface area contributed by atoms with Crippen LogP contribution in [0.3, 0.4) is 0 Å². The van der Waals surface area contributed by atoms with E-state index < -0.39 is 17.7 Å². The van der Waals surface area contributed by atoms with Crippen LogP contribution < -0.4 is 5.32 Å². The molecule has 0 bridgehead atoms. The van der Waals surface area contributed by atoms with Crippen molar-refractivity contribution in [3.63, 3.8) is 0 Å². The molecule has 0 radical (unpaired) electrons. The van der Waals surface area contributed by atoms with E-state index in [9.17, 15) is 13.9 Å². The van der Waals surface area contributed by atoms with Crippen LogP contribution in [-0.2, 0) is 0 Å². The van der Waals surface area contributed by atoms with Crippen LogP contribution in [0.4, 0.5) is 14.5 Å². The lowest BCUT2D eigenvalue weighted by Crippen LogP contribution is -2.15. The van der Waals surface area contributed by atoms with Gasteiger partial charge in [-0.1, -0.05) is 24.3 Å². The summed E-state index contributed by atoms with van der Waals surface area (Å²) in [6.07, 6.45) is 0. The lowest BCUT2D eigenvalue weighted by molar-refractivity contribution is 0.276. The zero-order chi connectivity index (χ0) is 13.0. The molecule has 0 fully saturated rings. The molecular formula is C14H13F2NO. The Hall–Kier alpha value is -1.94. The second kappa shape index (κ2) is 5.60. The molecule has 4 heteroatoms. The molecule has 0 spiro atoms. The van der Waals surface area contributed by atoms with Gasteiger partial charge >= 0.3 is 0 Å². The summed E-state index contributed by atoms with van der Waals surface area (Å²) in [6.45, 7) is -0.208. The molecule has 1 atom stereocenters. The van der Waals surface area contributed by atoms with Gasteiger partial charge in [-0.25, -0.2) is 8.78 Å². The molecule has 2 aromatic rings. The summed E-state index contributed by atoms with van der Waals surface area (Å²) in [4.78, 5) is 0. The molecule has 0 saturated heterocycles. The lowest BCUT2D eigenvalue weighted by Gasteiger charge is -2.18. The first-order valence-corrected chi connectivity index (χ1v) is 5.58. The maximum Gasteiger partial charge on any atom is 0.159 e. The van der Waals surface area contributed by atoms with Crippen LogP contribution in [0.5, 0.6) is 0 Å². The number of halogens is 2. The van der Waals surface area contributed by atoms with Crippen LogP contribution in [0.2, 0.25) is 0 Å². The molecule has 0 aliphatic rings. The molecule has 0 aliphatic heterocycles. The van der Waals surface area contributed by atoms with Crippen molar-refractivity contribution >= 4 is 5.69 Å². The third-order valence-corrected chi connectivity index (χ3v) is 2.64.